The van der Waals surface area contributed by atoms with Gasteiger partial charge in [0, 0.05) is 23.5 Å². The number of rotatable bonds is 6. The van der Waals surface area contributed by atoms with Gasteiger partial charge in [0.25, 0.3) is 0 Å². The van der Waals surface area contributed by atoms with E-state index >= 15 is 0 Å². The number of ether oxygens (including phenoxy) is 2. The summed E-state index contributed by atoms with van der Waals surface area (Å²) < 4.78 is 12.6. The molecule has 4 rings (SSSR count). The molecule has 1 aliphatic carbocycles. The highest BCUT2D eigenvalue weighted by Gasteiger charge is 2.27. The largest absolute Gasteiger partial charge is 0.481 e. The molecule has 0 amide bonds. The molecule has 1 saturated carbocycles. The molecule has 0 aliphatic heterocycles. The maximum Gasteiger partial charge on any atom is 0.341 e. The second-order valence-electron chi connectivity index (χ2n) is 8.06. The van der Waals surface area contributed by atoms with Gasteiger partial charge in [-0.3, -0.25) is 0 Å². The standard InChI is InChI=1S/C25H27NO5/c1-26-20-14-17(25(29)30-2)12-13-18(20)23(16-8-4-3-5-9-16)24(26)19-10-6-7-11-21(19)31-15-22(27)28/h6-7,10-14,16H,3-5,8-9,15H2,1-2H3,(H,27,28). The number of carboxylic acids is 1. The van der Waals surface area contributed by atoms with E-state index in [1.807, 2.05) is 43.4 Å². The first-order chi connectivity index (χ1) is 15.0. The van der Waals surface area contributed by atoms with E-state index in [-0.39, 0.29) is 5.97 Å². The number of hydrogen-bond acceptors (Lipinski definition) is 4. The maximum atomic E-state index is 12.1. The zero-order valence-corrected chi connectivity index (χ0v) is 17.9. The Morgan fingerprint density at radius 2 is 1.84 bits per heavy atom. The summed E-state index contributed by atoms with van der Waals surface area (Å²) in [4.78, 5) is 23.2. The van der Waals surface area contributed by atoms with Crippen LogP contribution in [0.3, 0.4) is 0 Å². The molecule has 1 fully saturated rings. The predicted octanol–water partition coefficient (Wildman–Crippen LogP) is 5.14. The van der Waals surface area contributed by atoms with Gasteiger partial charge < -0.3 is 19.1 Å². The van der Waals surface area contributed by atoms with Gasteiger partial charge in [-0.05, 0) is 48.6 Å². The van der Waals surface area contributed by atoms with Gasteiger partial charge in [0.05, 0.1) is 18.4 Å². The average Bonchev–Trinajstić information content (AvgIpc) is 3.09. The topological polar surface area (TPSA) is 77.8 Å². The van der Waals surface area contributed by atoms with Crippen LogP contribution in [0.25, 0.3) is 22.2 Å². The number of aryl methyl sites for hydroxylation is 1. The van der Waals surface area contributed by atoms with Crippen LogP contribution in [-0.4, -0.2) is 35.3 Å². The molecule has 1 N–H and O–H groups in total. The fourth-order valence-corrected chi connectivity index (χ4v) is 4.77. The summed E-state index contributed by atoms with van der Waals surface area (Å²) in [6.07, 6.45) is 5.86. The van der Waals surface area contributed by atoms with Crippen molar-refractivity contribution in [3.63, 3.8) is 0 Å². The number of aromatic nitrogens is 1. The second-order valence-corrected chi connectivity index (χ2v) is 8.06. The molecule has 0 saturated heterocycles. The van der Waals surface area contributed by atoms with E-state index in [0.717, 1.165) is 35.0 Å². The van der Waals surface area contributed by atoms with Crippen LogP contribution in [0.2, 0.25) is 0 Å². The number of carbonyl (C=O) groups excluding carboxylic acids is 1. The van der Waals surface area contributed by atoms with Crippen molar-refractivity contribution in [2.45, 2.75) is 38.0 Å². The number of aliphatic carboxylic acids is 1. The summed E-state index contributed by atoms with van der Waals surface area (Å²) in [5.74, 6) is -0.429. The second kappa shape index (κ2) is 8.84. The molecule has 31 heavy (non-hydrogen) atoms. The molecule has 0 atom stereocenters. The first kappa shape index (κ1) is 21.0. The van der Waals surface area contributed by atoms with Crippen molar-refractivity contribution >= 4 is 22.8 Å². The average molecular weight is 421 g/mol. The Morgan fingerprint density at radius 1 is 1.10 bits per heavy atom. The molecule has 0 unspecified atom stereocenters. The summed E-state index contributed by atoms with van der Waals surface area (Å²) in [6.45, 7) is -0.397. The fourth-order valence-electron chi connectivity index (χ4n) is 4.77. The molecule has 0 radical (unpaired) electrons. The van der Waals surface area contributed by atoms with Crippen LogP contribution < -0.4 is 4.74 Å². The molecule has 3 aromatic rings. The van der Waals surface area contributed by atoms with Crippen molar-refractivity contribution in [1.29, 1.82) is 0 Å². The number of methoxy groups -OCH3 is 1. The van der Waals surface area contributed by atoms with E-state index < -0.39 is 12.6 Å². The smallest absolute Gasteiger partial charge is 0.341 e. The van der Waals surface area contributed by atoms with Gasteiger partial charge in [-0.1, -0.05) is 37.5 Å². The van der Waals surface area contributed by atoms with Crippen LogP contribution in [0.4, 0.5) is 0 Å². The number of nitrogens with zero attached hydrogens (tertiary/aromatic N) is 1. The molecule has 0 spiro atoms. The minimum Gasteiger partial charge on any atom is -0.481 e. The Morgan fingerprint density at radius 3 is 2.55 bits per heavy atom. The first-order valence-corrected chi connectivity index (χ1v) is 10.7. The van der Waals surface area contributed by atoms with Gasteiger partial charge in [0.1, 0.15) is 5.75 Å². The Hall–Kier alpha value is -3.28. The van der Waals surface area contributed by atoms with E-state index in [0.29, 0.717) is 17.2 Å². The molecule has 1 aromatic heterocycles. The third kappa shape index (κ3) is 4.02. The van der Waals surface area contributed by atoms with E-state index in [9.17, 15) is 9.59 Å². The minimum absolute atomic E-state index is 0.367. The van der Waals surface area contributed by atoms with Crippen LogP contribution in [0, 0.1) is 0 Å². The van der Waals surface area contributed by atoms with Crippen LogP contribution in [-0.2, 0) is 16.6 Å². The van der Waals surface area contributed by atoms with Gasteiger partial charge in [-0.2, -0.15) is 0 Å². The lowest BCUT2D eigenvalue weighted by atomic mass is 9.81. The lowest BCUT2D eigenvalue weighted by molar-refractivity contribution is -0.139. The van der Waals surface area contributed by atoms with Gasteiger partial charge >= 0.3 is 11.9 Å². The Kier molecular flexibility index (Phi) is 5.98. The summed E-state index contributed by atoms with van der Waals surface area (Å²) >= 11 is 0. The van der Waals surface area contributed by atoms with Crippen molar-refractivity contribution in [2.75, 3.05) is 13.7 Å². The van der Waals surface area contributed by atoms with Crippen molar-refractivity contribution in [1.82, 2.24) is 4.57 Å². The van der Waals surface area contributed by atoms with E-state index in [1.165, 1.54) is 31.9 Å². The lowest BCUT2D eigenvalue weighted by Crippen LogP contribution is -2.11. The Balaban J connectivity index is 1.94. The van der Waals surface area contributed by atoms with Crippen molar-refractivity contribution in [2.24, 2.45) is 7.05 Å². The maximum absolute atomic E-state index is 12.1. The van der Waals surface area contributed by atoms with Gasteiger partial charge in [0.15, 0.2) is 6.61 Å². The molecule has 2 aromatic carbocycles. The van der Waals surface area contributed by atoms with Crippen LogP contribution in [0.5, 0.6) is 5.75 Å². The van der Waals surface area contributed by atoms with Crippen molar-refractivity contribution < 1.29 is 24.2 Å². The molecular weight excluding hydrogens is 394 g/mol. The number of esters is 1. The number of hydrogen-bond donors (Lipinski definition) is 1. The Bertz CT molecular complexity index is 1120. The monoisotopic (exact) mass is 421 g/mol. The summed E-state index contributed by atoms with van der Waals surface area (Å²) in [5.41, 5.74) is 4.59. The van der Waals surface area contributed by atoms with Crippen molar-refractivity contribution in [3.8, 4) is 17.0 Å². The molecule has 1 aliphatic rings. The number of carbonyl (C=O) groups is 2. The van der Waals surface area contributed by atoms with Gasteiger partial charge in [0.2, 0.25) is 0 Å². The summed E-state index contributed by atoms with van der Waals surface area (Å²) in [7, 11) is 3.37. The molecule has 162 valence electrons. The number of carboxylic acid groups (broad SMARTS) is 1. The van der Waals surface area contributed by atoms with E-state index in [1.54, 1.807) is 6.07 Å². The predicted molar refractivity (Wildman–Crippen MR) is 119 cm³/mol. The molecule has 0 bridgehead atoms. The van der Waals surface area contributed by atoms with E-state index in [2.05, 4.69) is 4.57 Å². The number of fused-ring (bicyclic) bond motifs is 1. The third-order valence-electron chi connectivity index (χ3n) is 6.17. The minimum atomic E-state index is -1.01. The van der Waals surface area contributed by atoms with Crippen molar-refractivity contribution in [3.05, 3.63) is 53.6 Å². The number of benzene rings is 2. The Labute approximate surface area is 181 Å². The van der Waals surface area contributed by atoms with Crippen LogP contribution >= 0.6 is 0 Å². The van der Waals surface area contributed by atoms with E-state index in [4.69, 9.17) is 14.6 Å². The SMILES string of the molecule is COC(=O)c1ccc2c(C3CCCCC3)c(-c3ccccc3OCC(=O)O)n(C)c2c1. The highest BCUT2D eigenvalue weighted by atomic mass is 16.5. The normalized spacial score (nSPS) is 14.5. The van der Waals surface area contributed by atoms with Crippen LogP contribution in [0.15, 0.2) is 42.5 Å². The molecule has 6 heteroatoms. The van der Waals surface area contributed by atoms with Gasteiger partial charge in [-0.15, -0.1) is 0 Å². The number of para-hydroxylation sites is 1. The molecule has 1 heterocycles. The zero-order chi connectivity index (χ0) is 22.0. The summed E-state index contributed by atoms with van der Waals surface area (Å²) in [5, 5.41) is 10.2. The van der Waals surface area contributed by atoms with Gasteiger partial charge in [-0.25, -0.2) is 9.59 Å². The highest BCUT2D eigenvalue weighted by molar-refractivity contribution is 5.99. The quantitative estimate of drug-likeness (QED) is 0.558. The molecular formula is C25H27NO5. The lowest BCUT2D eigenvalue weighted by Gasteiger charge is -2.24. The first-order valence-electron chi connectivity index (χ1n) is 10.7. The zero-order valence-electron chi connectivity index (χ0n) is 17.9. The fraction of sp³-hybridized carbons (Fsp3) is 0.360. The third-order valence-corrected chi connectivity index (χ3v) is 6.17. The molecule has 6 nitrogen and oxygen atoms in total. The van der Waals surface area contributed by atoms with Crippen LogP contribution in [0.1, 0.15) is 53.9 Å². The highest BCUT2D eigenvalue weighted by Crippen LogP contribution is 2.45. The summed E-state index contributed by atoms with van der Waals surface area (Å²) in [6, 6.07) is 13.3.